The molecule has 1 amide bonds. The van der Waals surface area contributed by atoms with Crippen molar-refractivity contribution in [2.24, 2.45) is 23.0 Å². The van der Waals surface area contributed by atoms with Gasteiger partial charge >= 0.3 is 0 Å². The molecule has 0 unspecified atom stereocenters. The molecule has 5 rings (SSSR count). The first kappa shape index (κ1) is 27.7. The zero-order valence-electron chi connectivity index (χ0n) is 23.9. The summed E-state index contributed by atoms with van der Waals surface area (Å²) in [5.41, 5.74) is 10.8. The number of anilines is 1. The summed E-state index contributed by atoms with van der Waals surface area (Å²) in [5, 5.41) is 11.9. The number of primary amides is 1. The van der Waals surface area contributed by atoms with E-state index in [0.717, 1.165) is 64.3 Å². The molecular weight excluding hydrogens is 484 g/mol. The number of nitrogens with zero attached hydrogens (tertiary/aromatic N) is 1. The van der Waals surface area contributed by atoms with Crippen molar-refractivity contribution in [3.05, 3.63) is 52.6 Å². The highest BCUT2D eigenvalue weighted by molar-refractivity contribution is 5.93. The molecule has 0 heterocycles. The number of allylic oxidation sites excluding steroid dienone is 4. The Morgan fingerprint density at radius 2 is 1.90 bits per heavy atom. The second-order valence-electron chi connectivity index (χ2n) is 12.6. The van der Waals surface area contributed by atoms with Crippen LogP contribution in [-0.2, 0) is 9.59 Å². The zero-order valence-corrected chi connectivity index (χ0v) is 23.9. The minimum Gasteiger partial charge on any atom is -0.377 e. The average Bonchev–Trinajstić information content (AvgIpc) is 3.17. The number of fused-ring (bicyclic) bond motifs is 4. The smallest absolute Gasteiger partial charge is 0.217 e. The molecule has 5 heteroatoms. The van der Waals surface area contributed by atoms with Crippen molar-refractivity contribution in [1.82, 2.24) is 0 Å². The standard InChI is InChI=1S/C34H44N2O3/c1-4-18-34(39)19-17-30-28-15-11-24-21-26(37)14-16-27(24)32(28)29(22-33(30,34)2)23-9-12-25(13-10-23)36(3)20-7-5-6-8-31(35)38/h9-10,12-13,21,28-30,39H,5-8,11,14-17,19-20,22H2,1-3H3,(H2,35,38)/t28-,29+,30-,33-,34-/m0/s1. The second kappa shape index (κ2) is 11.0. The lowest BCUT2D eigenvalue weighted by molar-refractivity contribution is -0.118. The number of nitrogens with two attached hydrogens (primary N) is 1. The van der Waals surface area contributed by atoms with Gasteiger partial charge in [-0.1, -0.05) is 37.0 Å². The molecule has 2 fully saturated rings. The Labute approximate surface area is 233 Å². The van der Waals surface area contributed by atoms with Crippen LogP contribution in [0.1, 0.15) is 96.0 Å². The Balaban J connectivity index is 1.45. The number of carbonyl (C=O) groups excluding carboxylic acids is 2. The Morgan fingerprint density at radius 3 is 2.62 bits per heavy atom. The van der Waals surface area contributed by atoms with Crippen molar-refractivity contribution >= 4 is 17.4 Å². The molecule has 0 aromatic heterocycles. The first-order valence-electron chi connectivity index (χ1n) is 14.9. The molecule has 0 aliphatic heterocycles. The highest BCUT2D eigenvalue weighted by Crippen LogP contribution is 2.66. The van der Waals surface area contributed by atoms with Crippen LogP contribution in [0.2, 0.25) is 0 Å². The molecule has 4 aliphatic carbocycles. The number of carbonyl (C=O) groups is 2. The van der Waals surface area contributed by atoms with E-state index < -0.39 is 5.60 Å². The summed E-state index contributed by atoms with van der Waals surface area (Å²) in [6.07, 6.45) is 11.4. The normalized spacial score (nSPS) is 31.4. The van der Waals surface area contributed by atoms with E-state index in [1.165, 1.54) is 22.4 Å². The number of amides is 1. The molecule has 4 aliphatic rings. The van der Waals surface area contributed by atoms with E-state index in [4.69, 9.17) is 5.73 Å². The summed E-state index contributed by atoms with van der Waals surface area (Å²) >= 11 is 0. The van der Waals surface area contributed by atoms with Crippen LogP contribution in [0.4, 0.5) is 5.69 Å². The molecule has 5 nitrogen and oxygen atoms in total. The Bertz CT molecular complexity index is 1250. The van der Waals surface area contributed by atoms with Gasteiger partial charge in [0.25, 0.3) is 0 Å². The van der Waals surface area contributed by atoms with Crippen molar-refractivity contribution < 1.29 is 14.7 Å². The predicted molar refractivity (Wildman–Crippen MR) is 156 cm³/mol. The van der Waals surface area contributed by atoms with Crippen LogP contribution in [0.5, 0.6) is 0 Å². The first-order valence-corrected chi connectivity index (χ1v) is 14.9. The zero-order chi connectivity index (χ0) is 27.8. The van der Waals surface area contributed by atoms with E-state index in [-0.39, 0.29) is 23.0 Å². The van der Waals surface area contributed by atoms with Crippen molar-refractivity contribution in [2.75, 3.05) is 18.5 Å². The number of unbranched alkanes of at least 4 members (excludes halogenated alkanes) is 2. The van der Waals surface area contributed by atoms with Crippen molar-refractivity contribution in [3.8, 4) is 11.8 Å². The third-order valence-electron chi connectivity index (χ3n) is 10.4. The largest absolute Gasteiger partial charge is 0.377 e. The quantitative estimate of drug-likeness (QED) is 0.329. The van der Waals surface area contributed by atoms with Crippen LogP contribution in [0.3, 0.4) is 0 Å². The maximum atomic E-state index is 12.3. The second-order valence-corrected chi connectivity index (χ2v) is 12.6. The molecule has 3 N–H and O–H groups in total. The third-order valence-corrected chi connectivity index (χ3v) is 10.4. The summed E-state index contributed by atoms with van der Waals surface area (Å²) in [6.45, 7) is 5.06. The maximum Gasteiger partial charge on any atom is 0.217 e. The lowest BCUT2D eigenvalue weighted by Gasteiger charge is -2.53. The van der Waals surface area contributed by atoms with Crippen LogP contribution in [0, 0.1) is 29.1 Å². The molecule has 1 aromatic rings. The van der Waals surface area contributed by atoms with Gasteiger partial charge in [0.2, 0.25) is 5.91 Å². The predicted octanol–water partition coefficient (Wildman–Crippen LogP) is 5.82. The van der Waals surface area contributed by atoms with E-state index in [9.17, 15) is 14.7 Å². The van der Waals surface area contributed by atoms with Crippen LogP contribution in [0.15, 0.2) is 47.1 Å². The van der Waals surface area contributed by atoms with E-state index in [1.54, 1.807) is 5.57 Å². The van der Waals surface area contributed by atoms with Gasteiger partial charge in [-0.2, -0.15) is 0 Å². The monoisotopic (exact) mass is 528 g/mol. The van der Waals surface area contributed by atoms with Gasteiger partial charge in [0, 0.05) is 43.5 Å². The van der Waals surface area contributed by atoms with Gasteiger partial charge in [0.15, 0.2) is 5.78 Å². The van der Waals surface area contributed by atoms with Crippen LogP contribution in [-0.4, -0.2) is 36.0 Å². The van der Waals surface area contributed by atoms with Crippen molar-refractivity contribution in [3.63, 3.8) is 0 Å². The van der Waals surface area contributed by atoms with Crippen LogP contribution in [0.25, 0.3) is 0 Å². The Kier molecular flexibility index (Phi) is 7.80. The van der Waals surface area contributed by atoms with Gasteiger partial charge in [0.05, 0.1) is 0 Å². The van der Waals surface area contributed by atoms with E-state index in [0.29, 0.717) is 24.7 Å². The lowest BCUT2D eigenvalue weighted by atomic mass is 9.51. The Morgan fingerprint density at radius 1 is 1.13 bits per heavy atom. The van der Waals surface area contributed by atoms with Crippen LogP contribution >= 0.6 is 0 Å². The summed E-state index contributed by atoms with van der Waals surface area (Å²) in [5.74, 6) is 7.41. The Hall–Kier alpha value is -2.84. The molecule has 5 atom stereocenters. The molecule has 39 heavy (non-hydrogen) atoms. The number of rotatable bonds is 8. The van der Waals surface area contributed by atoms with Crippen molar-refractivity contribution in [1.29, 1.82) is 0 Å². The van der Waals surface area contributed by atoms with Gasteiger partial charge in [-0.15, -0.1) is 5.92 Å². The van der Waals surface area contributed by atoms with Crippen LogP contribution < -0.4 is 10.6 Å². The number of ketones is 1. The minimum atomic E-state index is -0.950. The SMILES string of the molecule is CC#C[C@]1(O)CC[C@H]2[C@@H]3CCC4=CC(=O)CCC4=C3[C@@H](c3ccc(N(C)CCCCCC(N)=O)cc3)C[C@@]21C. The van der Waals surface area contributed by atoms with Gasteiger partial charge in [-0.25, -0.2) is 0 Å². The molecule has 208 valence electrons. The summed E-state index contributed by atoms with van der Waals surface area (Å²) in [4.78, 5) is 25.5. The molecule has 0 saturated heterocycles. The molecular formula is C34H44N2O3. The molecule has 1 aromatic carbocycles. The molecule has 0 spiro atoms. The molecule has 0 bridgehead atoms. The third kappa shape index (κ3) is 5.09. The number of benzene rings is 1. The lowest BCUT2D eigenvalue weighted by Crippen LogP contribution is -2.51. The fourth-order valence-corrected chi connectivity index (χ4v) is 8.29. The van der Waals surface area contributed by atoms with Crippen molar-refractivity contribution in [2.45, 2.75) is 96.0 Å². The van der Waals surface area contributed by atoms with Gasteiger partial charge in [-0.05, 0) is 105 Å². The number of hydrogen-bond donors (Lipinski definition) is 2. The summed E-state index contributed by atoms with van der Waals surface area (Å²) < 4.78 is 0. The highest BCUT2D eigenvalue weighted by atomic mass is 16.3. The van der Waals surface area contributed by atoms with Gasteiger partial charge in [-0.3, -0.25) is 9.59 Å². The number of hydrogen-bond acceptors (Lipinski definition) is 4. The van der Waals surface area contributed by atoms with E-state index in [2.05, 4.69) is 55.0 Å². The maximum absolute atomic E-state index is 12.3. The molecule has 2 saturated carbocycles. The average molecular weight is 529 g/mol. The fraction of sp³-hybridized carbons (Fsp3) is 0.588. The molecule has 0 radical (unpaired) electrons. The van der Waals surface area contributed by atoms with Gasteiger partial charge in [0.1, 0.15) is 5.60 Å². The van der Waals surface area contributed by atoms with Gasteiger partial charge < -0.3 is 15.7 Å². The highest BCUT2D eigenvalue weighted by Gasteiger charge is 2.62. The first-order chi connectivity index (χ1) is 18.7. The topological polar surface area (TPSA) is 83.6 Å². The van der Waals surface area contributed by atoms with E-state index >= 15 is 0 Å². The minimum absolute atomic E-state index is 0.222. The summed E-state index contributed by atoms with van der Waals surface area (Å²) in [6, 6.07) is 9.01. The summed E-state index contributed by atoms with van der Waals surface area (Å²) in [7, 11) is 2.12. The number of aliphatic hydroxyl groups is 1. The van der Waals surface area contributed by atoms with E-state index in [1.807, 2.05) is 13.0 Å². The fourth-order valence-electron chi connectivity index (χ4n) is 8.29.